The van der Waals surface area contributed by atoms with Crippen LogP contribution in [0.3, 0.4) is 0 Å². The van der Waals surface area contributed by atoms with Crippen LogP contribution in [-0.4, -0.2) is 29.2 Å². The lowest BCUT2D eigenvalue weighted by molar-refractivity contribution is 0.0360. The van der Waals surface area contributed by atoms with Gasteiger partial charge in [0.05, 0.1) is 30.5 Å². The highest BCUT2D eigenvalue weighted by atomic mass is 35.5. The maximum atomic E-state index is 6.37. The topological polar surface area (TPSA) is 48.6 Å². The van der Waals surface area contributed by atoms with Crippen LogP contribution in [0.1, 0.15) is 48.2 Å². The Hall–Kier alpha value is -1.85. The van der Waals surface area contributed by atoms with Gasteiger partial charge in [-0.15, -0.1) is 0 Å². The fourth-order valence-corrected chi connectivity index (χ4v) is 3.88. The van der Waals surface area contributed by atoms with E-state index in [-0.39, 0.29) is 12.0 Å². The molecule has 5 nitrogen and oxygen atoms in total. The van der Waals surface area contributed by atoms with Crippen molar-refractivity contribution < 1.29 is 9.57 Å². The van der Waals surface area contributed by atoms with Gasteiger partial charge in [-0.05, 0) is 32.3 Å². The zero-order valence-corrected chi connectivity index (χ0v) is 15.2. The first-order valence-electron chi connectivity index (χ1n) is 8.72. The molecule has 132 valence electrons. The van der Waals surface area contributed by atoms with E-state index in [2.05, 4.69) is 21.9 Å². The molecule has 0 saturated heterocycles. The molecule has 0 spiro atoms. The smallest absolute Gasteiger partial charge is 0.166 e. The zero-order chi connectivity index (χ0) is 17.4. The maximum Gasteiger partial charge on any atom is 0.166 e. The van der Waals surface area contributed by atoms with Crippen LogP contribution in [0.4, 0.5) is 0 Å². The summed E-state index contributed by atoms with van der Waals surface area (Å²) in [6.07, 6.45) is 5.42. The molecule has 2 aromatic rings. The summed E-state index contributed by atoms with van der Waals surface area (Å²) in [7, 11) is 1.70. The molecule has 1 aliphatic carbocycles. The summed E-state index contributed by atoms with van der Waals surface area (Å²) in [4.78, 5) is 5.85. The van der Waals surface area contributed by atoms with E-state index in [9.17, 15) is 0 Å². The Balaban J connectivity index is 1.65. The molecule has 1 saturated carbocycles. The molecular weight excluding hydrogens is 338 g/mol. The Morgan fingerprint density at radius 2 is 2.12 bits per heavy atom. The third-order valence-corrected chi connectivity index (χ3v) is 5.62. The molecule has 2 heterocycles. The Bertz CT molecular complexity index is 798. The molecule has 2 unspecified atom stereocenters. The van der Waals surface area contributed by atoms with Gasteiger partial charge < -0.3 is 9.57 Å². The predicted molar refractivity (Wildman–Crippen MR) is 97.0 cm³/mol. The van der Waals surface area contributed by atoms with Crippen LogP contribution in [0.25, 0.3) is 0 Å². The minimum atomic E-state index is -0.194. The number of ether oxygens (including phenoxy) is 1. The van der Waals surface area contributed by atoms with Crippen LogP contribution in [0.2, 0.25) is 5.02 Å². The number of benzene rings is 1. The number of aromatic nitrogens is 2. The van der Waals surface area contributed by atoms with Gasteiger partial charge >= 0.3 is 0 Å². The van der Waals surface area contributed by atoms with Crippen molar-refractivity contribution in [2.24, 2.45) is 11.1 Å². The summed E-state index contributed by atoms with van der Waals surface area (Å²) in [6.45, 7) is 2.63. The number of halogens is 1. The number of hydrogen-bond acceptors (Lipinski definition) is 4. The van der Waals surface area contributed by atoms with Crippen molar-refractivity contribution in [1.29, 1.82) is 0 Å². The molecule has 2 aliphatic rings. The molecule has 0 N–H and O–H groups in total. The Labute approximate surface area is 152 Å². The van der Waals surface area contributed by atoms with Crippen LogP contribution >= 0.6 is 11.6 Å². The highest BCUT2D eigenvalue weighted by Crippen LogP contribution is 2.40. The molecule has 1 aromatic carbocycles. The fraction of sp³-hybridized carbons (Fsp3) is 0.474. The van der Waals surface area contributed by atoms with Gasteiger partial charge in [0.15, 0.2) is 6.10 Å². The highest BCUT2D eigenvalue weighted by molar-refractivity contribution is 6.34. The first-order valence-corrected chi connectivity index (χ1v) is 9.10. The van der Waals surface area contributed by atoms with Crippen molar-refractivity contribution in [1.82, 2.24) is 9.78 Å². The second-order valence-electron chi connectivity index (χ2n) is 6.76. The lowest BCUT2D eigenvalue weighted by atomic mass is 9.89. The quantitative estimate of drug-likeness (QED) is 0.799. The number of hydrogen-bond donors (Lipinski definition) is 0. The van der Waals surface area contributed by atoms with E-state index in [1.165, 1.54) is 19.3 Å². The SMILES string of the molecule is COCC1C(c2ccccc2Cl)=NOC1c1cnn(C2CCC2)c1C. The van der Waals surface area contributed by atoms with Crippen molar-refractivity contribution in [3.8, 4) is 0 Å². The lowest BCUT2D eigenvalue weighted by Gasteiger charge is -2.27. The fourth-order valence-electron chi connectivity index (χ4n) is 3.65. The third-order valence-electron chi connectivity index (χ3n) is 5.29. The van der Waals surface area contributed by atoms with E-state index < -0.39 is 0 Å². The standard InChI is InChI=1S/C19H22ClN3O2/c1-12-15(10-21-23(12)13-6-5-7-13)19-16(11-24-2)18(22-25-19)14-8-3-4-9-17(14)20/h3-4,8-10,13,16,19H,5-7,11H2,1-2H3. The van der Waals surface area contributed by atoms with E-state index in [0.717, 1.165) is 22.5 Å². The molecule has 1 aromatic heterocycles. The summed E-state index contributed by atoms with van der Waals surface area (Å²) in [5.41, 5.74) is 3.98. The van der Waals surface area contributed by atoms with Crippen molar-refractivity contribution in [3.05, 3.63) is 52.3 Å². The summed E-state index contributed by atoms with van der Waals surface area (Å²) in [5.74, 6) is -0.0114. The molecule has 4 rings (SSSR count). The largest absolute Gasteiger partial charge is 0.386 e. The van der Waals surface area contributed by atoms with Crippen molar-refractivity contribution in [2.45, 2.75) is 38.3 Å². The van der Waals surface area contributed by atoms with E-state index in [0.29, 0.717) is 17.7 Å². The zero-order valence-electron chi connectivity index (χ0n) is 14.5. The van der Waals surface area contributed by atoms with E-state index in [1.54, 1.807) is 7.11 Å². The molecule has 1 aliphatic heterocycles. The normalized spacial score (nSPS) is 23.2. The van der Waals surface area contributed by atoms with Crippen molar-refractivity contribution in [3.63, 3.8) is 0 Å². The van der Waals surface area contributed by atoms with Gasteiger partial charge in [0.1, 0.15) is 0 Å². The molecule has 0 radical (unpaired) electrons. The number of methoxy groups -OCH3 is 1. The first-order chi connectivity index (χ1) is 12.2. The molecule has 2 atom stereocenters. The van der Waals surface area contributed by atoms with Crippen LogP contribution in [0, 0.1) is 12.8 Å². The van der Waals surface area contributed by atoms with Crippen molar-refractivity contribution >= 4 is 17.3 Å². The third kappa shape index (κ3) is 2.85. The molecule has 6 heteroatoms. The summed E-state index contributed by atoms with van der Waals surface area (Å²) >= 11 is 6.37. The molecule has 25 heavy (non-hydrogen) atoms. The second-order valence-corrected chi connectivity index (χ2v) is 7.17. The average molecular weight is 360 g/mol. The van der Waals surface area contributed by atoms with Gasteiger partial charge in [0.2, 0.25) is 0 Å². The second kappa shape index (κ2) is 6.81. The van der Waals surface area contributed by atoms with Gasteiger partial charge in [-0.2, -0.15) is 5.10 Å². The van der Waals surface area contributed by atoms with Gasteiger partial charge in [0.25, 0.3) is 0 Å². The minimum absolute atomic E-state index is 0.0114. The van der Waals surface area contributed by atoms with Gasteiger partial charge in [-0.1, -0.05) is 35.0 Å². The van der Waals surface area contributed by atoms with Crippen LogP contribution < -0.4 is 0 Å². The van der Waals surface area contributed by atoms with Gasteiger partial charge in [0, 0.05) is 29.0 Å². The summed E-state index contributed by atoms with van der Waals surface area (Å²) in [5, 5.41) is 9.65. The van der Waals surface area contributed by atoms with Gasteiger partial charge in [-0.3, -0.25) is 4.68 Å². The predicted octanol–water partition coefficient (Wildman–Crippen LogP) is 4.31. The minimum Gasteiger partial charge on any atom is -0.386 e. The summed E-state index contributed by atoms with van der Waals surface area (Å²) < 4.78 is 7.60. The van der Waals surface area contributed by atoms with Crippen LogP contribution in [0.5, 0.6) is 0 Å². The summed E-state index contributed by atoms with van der Waals surface area (Å²) in [6, 6.07) is 8.25. The Morgan fingerprint density at radius 3 is 2.80 bits per heavy atom. The molecule has 1 fully saturated rings. The molecular formula is C19H22ClN3O2. The molecule has 0 bridgehead atoms. The van der Waals surface area contributed by atoms with Crippen LogP contribution in [-0.2, 0) is 9.57 Å². The highest BCUT2D eigenvalue weighted by Gasteiger charge is 2.39. The van der Waals surface area contributed by atoms with Crippen molar-refractivity contribution in [2.75, 3.05) is 13.7 Å². The van der Waals surface area contributed by atoms with E-state index in [1.807, 2.05) is 30.5 Å². The monoisotopic (exact) mass is 359 g/mol. The van der Waals surface area contributed by atoms with Crippen LogP contribution in [0.15, 0.2) is 35.6 Å². The Morgan fingerprint density at radius 1 is 1.32 bits per heavy atom. The molecule has 0 amide bonds. The maximum absolute atomic E-state index is 6.37. The first kappa shape index (κ1) is 16.6. The van der Waals surface area contributed by atoms with E-state index in [4.69, 9.17) is 21.2 Å². The number of oxime groups is 1. The lowest BCUT2D eigenvalue weighted by Crippen LogP contribution is -2.24. The number of nitrogens with zero attached hydrogens (tertiary/aromatic N) is 3. The number of rotatable bonds is 5. The average Bonchev–Trinajstić information content (AvgIpc) is 3.12. The Kier molecular flexibility index (Phi) is 4.52. The van der Waals surface area contributed by atoms with Gasteiger partial charge in [-0.25, -0.2) is 0 Å². The van der Waals surface area contributed by atoms with E-state index >= 15 is 0 Å².